The molecule has 0 radical (unpaired) electrons. The van der Waals surface area contributed by atoms with Crippen LogP contribution in [0, 0.1) is 0 Å². The van der Waals surface area contributed by atoms with E-state index in [1.54, 1.807) is 0 Å². The normalized spacial score (nSPS) is 11.3. The van der Waals surface area contributed by atoms with Crippen molar-refractivity contribution >= 4 is 0 Å². The Hall–Kier alpha value is -2.34. The minimum atomic E-state index is 0.520. The highest BCUT2D eigenvalue weighted by Gasteiger charge is 2.15. The molecule has 3 aromatic carbocycles. The molecule has 0 saturated heterocycles. The summed E-state index contributed by atoms with van der Waals surface area (Å²) in [7, 11) is 0. The summed E-state index contributed by atoms with van der Waals surface area (Å²) in [6.45, 7) is 9.19. The molecule has 25 heavy (non-hydrogen) atoms. The van der Waals surface area contributed by atoms with Crippen molar-refractivity contribution in [1.82, 2.24) is 0 Å². The third-order valence-corrected chi connectivity index (χ3v) is 4.83. The molecule has 0 aliphatic carbocycles. The zero-order chi connectivity index (χ0) is 17.8. The molecule has 0 aliphatic heterocycles. The standard InChI is InChI=1S/C25H28/c1-18(2)23-14-9-15-24(25(23)19(3)4)22-13-8-12-21(17-22)16-20-10-6-5-7-11-20/h5-15,17-19H,16H2,1-4H3. The topological polar surface area (TPSA) is 0 Å². The first-order valence-corrected chi connectivity index (χ1v) is 9.32. The molecule has 0 unspecified atom stereocenters. The fourth-order valence-electron chi connectivity index (χ4n) is 3.66. The van der Waals surface area contributed by atoms with Gasteiger partial charge in [-0.3, -0.25) is 0 Å². The maximum absolute atomic E-state index is 2.36. The van der Waals surface area contributed by atoms with Crippen LogP contribution in [0.3, 0.4) is 0 Å². The summed E-state index contributed by atoms with van der Waals surface area (Å²) >= 11 is 0. The van der Waals surface area contributed by atoms with E-state index in [0.717, 1.165) is 6.42 Å². The molecule has 0 saturated carbocycles. The molecule has 0 spiro atoms. The van der Waals surface area contributed by atoms with Crippen LogP contribution in [-0.2, 0) is 6.42 Å². The molecular weight excluding hydrogens is 300 g/mol. The van der Waals surface area contributed by atoms with Gasteiger partial charge in [0.2, 0.25) is 0 Å². The van der Waals surface area contributed by atoms with E-state index in [-0.39, 0.29) is 0 Å². The van der Waals surface area contributed by atoms with Gasteiger partial charge in [0.1, 0.15) is 0 Å². The van der Waals surface area contributed by atoms with Crippen LogP contribution >= 0.6 is 0 Å². The van der Waals surface area contributed by atoms with Crippen LogP contribution in [0.1, 0.15) is 61.8 Å². The zero-order valence-corrected chi connectivity index (χ0v) is 15.8. The fraction of sp³-hybridized carbons (Fsp3) is 0.280. The zero-order valence-electron chi connectivity index (χ0n) is 15.8. The average Bonchev–Trinajstić information content (AvgIpc) is 2.62. The summed E-state index contributed by atoms with van der Waals surface area (Å²) in [4.78, 5) is 0. The molecule has 128 valence electrons. The van der Waals surface area contributed by atoms with Gasteiger partial charge in [-0.1, -0.05) is 100 Å². The Labute approximate surface area is 152 Å². The van der Waals surface area contributed by atoms with E-state index < -0.39 is 0 Å². The SMILES string of the molecule is CC(C)c1cccc(-c2cccc(Cc3ccccc3)c2)c1C(C)C. The number of benzene rings is 3. The third-order valence-electron chi connectivity index (χ3n) is 4.83. The van der Waals surface area contributed by atoms with Crippen LogP contribution < -0.4 is 0 Å². The highest BCUT2D eigenvalue weighted by molar-refractivity contribution is 5.70. The van der Waals surface area contributed by atoms with Gasteiger partial charge in [0.25, 0.3) is 0 Å². The highest BCUT2D eigenvalue weighted by Crippen LogP contribution is 2.35. The molecule has 0 amide bonds. The summed E-state index contributed by atoms with van der Waals surface area (Å²) < 4.78 is 0. The second-order valence-corrected chi connectivity index (χ2v) is 7.48. The Morgan fingerprint density at radius 1 is 0.640 bits per heavy atom. The van der Waals surface area contributed by atoms with Crippen LogP contribution in [-0.4, -0.2) is 0 Å². The van der Waals surface area contributed by atoms with Crippen molar-refractivity contribution in [2.24, 2.45) is 0 Å². The van der Waals surface area contributed by atoms with E-state index in [2.05, 4.69) is 100 Å². The monoisotopic (exact) mass is 328 g/mol. The maximum Gasteiger partial charge on any atom is -0.00256 e. The third kappa shape index (κ3) is 4.02. The van der Waals surface area contributed by atoms with Gasteiger partial charge >= 0.3 is 0 Å². The minimum Gasteiger partial charge on any atom is -0.0622 e. The highest BCUT2D eigenvalue weighted by atomic mass is 14.2. The minimum absolute atomic E-state index is 0.520. The van der Waals surface area contributed by atoms with Crippen LogP contribution in [0.4, 0.5) is 0 Å². The van der Waals surface area contributed by atoms with Crippen molar-refractivity contribution in [2.75, 3.05) is 0 Å². The van der Waals surface area contributed by atoms with Crippen LogP contribution in [0.15, 0.2) is 72.8 Å². The predicted octanol–water partition coefficient (Wildman–Crippen LogP) is 7.19. The summed E-state index contributed by atoms with van der Waals surface area (Å²) in [5.41, 5.74) is 8.42. The Morgan fingerprint density at radius 2 is 1.32 bits per heavy atom. The summed E-state index contributed by atoms with van der Waals surface area (Å²) in [6, 6.07) is 26.5. The lowest BCUT2D eigenvalue weighted by atomic mass is 9.84. The van der Waals surface area contributed by atoms with Gasteiger partial charge in [-0.25, -0.2) is 0 Å². The van der Waals surface area contributed by atoms with Gasteiger partial charge in [0.15, 0.2) is 0 Å². The van der Waals surface area contributed by atoms with Crippen molar-refractivity contribution in [2.45, 2.75) is 46.0 Å². The fourth-order valence-corrected chi connectivity index (χ4v) is 3.66. The van der Waals surface area contributed by atoms with Gasteiger partial charge in [-0.2, -0.15) is 0 Å². The average molecular weight is 328 g/mol. The van der Waals surface area contributed by atoms with Gasteiger partial charge in [0.05, 0.1) is 0 Å². The second kappa shape index (κ2) is 7.70. The molecule has 0 nitrogen and oxygen atoms in total. The van der Waals surface area contributed by atoms with Gasteiger partial charge in [-0.05, 0) is 51.6 Å². The quantitative estimate of drug-likeness (QED) is 0.465. The van der Waals surface area contributed by atoms with E-state index >= 15 is 0 Å². The van der Waals surface area contributed by atoms with Crippen molar-refractivity contribution in [1.29, 1.82) is 0 Å². The van der Waals surface area contributed by atoms with Gasteiger partial charge < -0.3 is 0 Å². The Morgan fingerprint density at radius 3 is 2.00 bits per heavy atom. The molecule has 0 bridgehead atoms. The van der Waals surface area contributed by atoms with Crippen molar-refractivity contribution in [3.8, 4) is 11.1 Å². The number of hydrogen-bond acceptors (Lipinski definition) is 0. The van der Waals surface area contributed by atoms with E-state index in [0.29, 0.717) is 11.8 Å². The Balaban J connectivity index is 2.03. The second-order valence-electron chi connectivity index (χ2n) is 7.48. The Kier molecular flexibility index (Phi) is 5.38. The van der Waals surface area contributed by atoms with Crippen LogP contribution in [0.2, 0.25) is 0 Å². The first-order valence-electron chi connectivity index (χ1n) is 9.32. The van der Waals surface area contributed by atoms with Crippen LogP contribution in [0.25, 0.3) is 11.1 Å². The number of hydrogen-bond donors (Lipinski definition) is 0. The molecule has 0 aromatic heterocycles. The van der Waals surface area contributed by atoms with Gasteiger partial charge in [-0.15, -0.1) is 0 Å². The summed E-state index contributed by atoms with van der Waals surface area (Å²) in [5, 5.41) is 0. The maximum atomic E-state index is 2.36. The lowest BCUT2D eigenvalue weighted by Gasteiger charge is -2.21. The van der Waals surface area contributed by atoms with E-state index in [4.69, 9.17) is 0 Å². The lowest BCUT2D eigenvalue weighted by Crippen LogP contribution is -2.01. The molecule has 0 N–H and O–H groups in total. The van der Waals surface area contributed by atoms with Crippen molar-refractivity contribution < 1.29 is 0 Å². The van der Waals surface area contributed by atoms with E-state index in [9.17, 15) is 0 Å². The van der Waals surface area contributed by atoms with E-state index in [1.807, 2.05) is 0 Å². The summed E-state index contributed by atoms with van der Waals surface area (Å²) in [5.74, 6) is 1.07. The predicted molar refractivity (Wildman–Crippen MR) is 109 cm³/mol. The molecular formula is C25H28. The van der Waals surface area contributed by atoms with Crippen molar-refractivity contribution in [3.63, 3.8) is 0 Å². The first-order chi connectivity index (χ1) is 12.1. The molecule has 0 fully saturated rings. The van der Waals surface area contributed by atoms with Crippen LogP contribution in [0.5, 0.6) is 0 Å². The first kappa shape index (κ1) is 17.5. The largest absolute Gasteiger partial charge is 0.0622 e. The molecule has 0 atom stereocenters. The number of rotatable bonds is 5. The smallest absolute Gasteiger partial charge is 0.00256 e. The molecule has 3 rings (SSSR count). The molecule has 0 heterocycles. The van der Waals surface area contributed by atoms with E-state index in [1.165, 1.54) is 33.4 Å². The summed E-state index contributed by atoms with van der Waals surface area (Å²) in [6.07, 6.45) is 0.982. The Bertz CT molecular complexity index is 826. The lowest BCUT2D eigenvalue weighted by molar-refractivity contribution is 0.792. The molecule has 0 heteroatoms. The van der Waals surface area contributed by atoms with Gasteiger partial charge in [0, 0.05) is 0 Å². The molecule has 3 aromatic rings. The molecule has 0 aliphatic rings. The van der Waals surface area contributed by atoms with Crippen molar-refractivity contribution in [3.05, 3.63) is 95.1 Å².